The fraction of sp³-hybridized carbons (Fsp3) is 0.105. The van der Waals surface area contributed by atoms with E-state index in [1.165, 1.54) is 6.20 Å². The van der Waals surface area contributed by atoms with E-state index < -0.39 is 5.97 Å². The number of pyridine rings is 1. The third-order valence-corrected chi connectivity index (χ3v) is 4.78. The van der Waals surface area contributed by atoms with Crippen molar-refractivity contribution in [2.75, 3.05) is 5.32 Å². The SMILES string of the molecule is O=C1C[C@H](c2cccnc2)c2c(c(C(=O)O)cn2-c2ccccc2Cl)N1. The summed E-state index contributed by atoms with van der Waals surface area (Å²) in [6.45, 7) is 0. The minimum atomic E-state index is -1.11. The number of rotatable bonds is 3. The van der Waals surface area contributed by atoms with Gasteiger partial charge in [0.25, 0.3) is 0 Å². The first-order valence-corrected chi connectivity index (χ1v) is 8.37. The molecule has 130 valence electrons. The summed E-state index contributed by atoms with van der Waals surface area (Å²) in [6.07, 6.45) is 5.05. The van der Waals surface area contributed by atoms with Crippen LogP contribution in [0.5, 0.6) is 0 Å². The van der Waals surface area contributed by atoms with Gasteiger partial charge in [0.1, 0.15) is 5.56 Å². The predicted molar refractivity (Wildman–Crippen MR) is 97.1 cm³/mol. The predicted octanol–water partition coefficient (Wildman–Crippen LogP) is 3.70. The van der Waals surface area contributed by atoms with Crippen LogP contribution in [0.3, 0.4) is 0 Å². The van der Waals surface area contributed by atoms with Gasteiger partial charge in [0, 0.05) is 30.9 Å². The number of carbonyl (C=O) groups excluding carboxylic acids is 1. The van der Waals surface area contributed by atoms with Crippen LogP contribution in [-0.4, -0.2) is 26.5 Å². The van der Waals surface area contributed by atoms with Crippen molar-refractivity contribution in [3.05, 3.63) is 76.8 Å². The number of carboxylic acid groups (broad SMARTS) is 1. The van der Waals surface area contributed by atoms with Crippen LogP contribution in [-0.2, 0) is 4.79 Å². The van der Waals surface area contributed by atoms with Crippen molar-refractivity contribution in [3.8, 4) is 5.69 Å². The summed E-state index contributed by atoms with van der Waals surface area (Å²) >= 11 is 6.34. The molecule has 1 atom stereocenters. The molecule has 0 bridgehead atoms. The first-order chi connectivity index (χ1) is 12.6. The lowest BCUT2D eigenvalue weighted by Crippen LogP contribution is -2.25. The summed E-state index contributed by atoms with van der Waals surface area (Å²) in [5, 5.41) is 12.8. The average molecular weight is 368 g/mol. The van der Waals surface area contributed by atoms with Gasteiger partial charge in [0.15, 0.2) is 0 Å². The van der Waals surface area contributed by atoms with Gasteiger partial charge in [-0.25, -0.2) is 4.79 Å². The van der Waals surface area contributed by atoms with Crippen LogP contribution in [0.4, 0.5) is 5.69 Å². The van der Waals surface area contributed by atoms with Gasteiger partial charge in [-0.2, -0.15) is 0 Å². The lowest BCUT2D eigenvalue weighted by atomic mass is 9.89. The number of hydrogen-bond acceptors (Lipinski definition) is 3. The van der Waals surface area contributed by atoms with Gasteiger partial charge in [0.2, 0.25) is 5.91 Å². The molecule has 0 aliphatic carbocycles. The highest BCUT2D eigenvalue weighted by Crippen LogP contribution is 2.42. The van der Waals surface area contributed by atoms with Gasteiger partial charge in [-0.05, 0) is 23.8 Å². The molecule has 0 saturated heterocycles. The number of carboxylic acids is 1. The van der Waals surface area contributed by atoms with Gasteiger partial charge in [-0.3, -0.25) is 9.78 Å². The zero-order valence-electron chi connectivity index (χ0n) is 13.5. The second-order valence-corrected chi connectivity index (χ2v) is 6.43. The Morgan fingerprint density at radius 3 is 2.77 bits per heavy atom. The number of carbonyl (C=O) groups is 2. The van der Waals surface area contributed by atoms with Gasteiger partial charge in [-0.15, -0.1) is 0 Å². The van der Waals surface area contributed by atoms with E-state index in [9.17, 15) is 14.7 Å². The Bertz CT molecular complexity index is 1010. The van der Waals surface area contributed by atoms with E-state index in [1.807, 2.05) is 18.2 Å². The highest BCUT2D eigenvalue weighted by Gasteiger charge is 2.34. The molecule has 0 saturated carbocycles. The van der Waals surface area contributed by atoms with Crippen LogP contribution >= 0.6 is 11.6 Å². The number of amides is 1. The molecule has 0 radical (unpaired) electrons. The van der Waals surface area contributed by atoms with Crippen molar-refractivity contribution in [2.45, 2.75) is 12.3 Å². The number of fused-ring (bicyclic) bond motifs is 1. The van der Waals surface area contributed by atoms with Gasteiger partial charge >= 0.3 is 5.97 Å². The number of anilines is 1. The van der Waals surface area contributed by atoms with E-state index >= 15 is 0 Å². The molecular weight excluding hydrogens is 354 g/mol. The molecule has 2 N–H and O–H groups in total. The lowest BCUT2D eigenvalue weighted by molar-refractivity contribution is -0.116. The van der Waals surface area contributed by atoms with Gasteiger partial charge < -0.3 is 15.0 Å². The molecule has 1 aliphatic rings. The van der Waals surface area contributed by atoms with E-state index in [2.05, 4.69) is 10.3 Å². The highest BCUT2D eigenvalue weighted by molar-refractivity contribution is 6.32. The highest BCUT2D eigenvalue weighted by atomic mass is 35.5. The first kappa shape index (κ1) is 16.4. The molecule has 0 fully saturated rings. The summed E-state index contributed by atoms with van der Waals surface area (Å²) in [5.74, 6) is -1.67. The summed E-state index contributed by atoms with van der Waals surface area (Å²) in [5.41, 5.74) is 2.52. The van der Waals surface area contributed by atoms with Crippen molar-refractivity contribution < 1.29 is 14.7 Å². The quantitative estimate of drug-likeness (QED) is 0.739. The molecule has 1 amide bonds. The average Bonchev–Trinajstić information content (AvgIpc) is 3.01. The standard InChI is InChI=1S/C19H14ClN3O3/c20-14-5-1-2-6-15(14)23-10-13(19(25)26)17-18(23)12(8-16(24)22-17)11-4-3-7-21-9-11/h1-7,9-10,12H,8H2,(H,22,24)(H,25,26)/t12-/m1/s1. The third kappa shape index (κ3) is 2.64. The fourth-order valence-electron chi connectivity index (χ4n) is 3.33. The number of aromatic carboxylic acids is 1. The molecule has 2 aromatic heterocycles. The topological polar surface area (TPSA) is 84.2 Å². The van der Waals surface area contributed by atoms with E-state index in [0.29, 0.717) is 22.1 Å². The number of para-hydroxylation sites is 1. The van der Waals surface area contributed by atoms with Gasteiger partial charge in [0.05, 0.1) is 22.1 Å². The molecule has 4 rings (SSSR count). The Kier molecular flexibility index (Phi) is 3.97. The molecule has 0 unspecified atom stereocenters. The molecule has 1 aliphatic heterocycles. The van der Waals surface area contributed by atoms with E-state index in [-0.39, 0.29) is 23.8 Å². The molecular formula is C19H14ClN3O3. The Labute approximate surface area is 154 Å². The Morgan fingerprint density at radius 1 is 1.27 bits per heavy atom. The molecule has 1 aromatic carbocycles. The van der Waals surface area contributed by atoms with E-state index in [1.54, 1.807) is 35.2 Å². The number of benzene rings is 1. The van der Waals surface area contributed by atoms with Crippen molar-refractivity contribution >= 4 is 29.2 Å². The number of nitrogens with zero attached hydrogens (tertiary/aromatic N) is 2. The molecule has 7 heteroatoms. The Hall–Kier alpha value is -3.12. The van der Waals surface area contributed by atoms with Crippen molar-refractivity contribution in [3.63, 3.8) is 0 Å². The van der Waals surface area contributed by atoms with Gasteiger partial charge in [-0.1, -0.05) is 29.8 Å². The molecule has 3 aromatic rings. The maximum atomic E-state index is 12.2. The zero-order chi connectivity index (χ0) is 18.3. The number of aromatic nitrogens is 2. The summed E-state index contributed by atoms with van der Waals surface area (Å²) in [7, 11) is 0. The summed E-state index contributed by atoms with van der Waals surface area (Å²) in [4.78, 5) is 28.1. The van der Waals surface area contributed by atoms with Crippen LogP contribution in [0.25, 0.3) is 5.69 Å². The van der Waals surface area contributed by atoms with E-state index in [0.717, 1.165) is 5.56 Å². The Balaban J connectivity index is 2.01. The van der Waals surface area contributed by atoms with Crippen LogP contribution < -0.4 is 5.32 Å². The van der Waals surface area contributed by atoms with Crippen LogP contribution in [0.15, 0.2) is 55.0 Å². The smallest absolute Gasteiger partial charge is 0.339 e. The van der Waals surface area contributed by atoms with E-state index in [4.69, 9.17) is 11.6 Å². The van der Waals surface area contributed by atoms with Crippen LogP contribution in [0, 0.1) is 0 Å². The maximum absolute atomic E-state index is 12.2. The molecule has 6 nitrogen and oxygen atoms in total. The third-order valence-electron chi connectivity index (χ3n) is 4.46. The number of nitrogens with one attached hydrogen (secondary N) is 1. The molecule has 3 heterocycles. The Morgan fingerprint density at radius 2 is 2.08 bits per heavy atom. The maximum Gasteiger partial charge on any atom is 0.339 e. The minimum absolute atomic E-state index is 0.0295. The number of halogens is 1. The monoisotopic (exact) mass is 367 g/mol. The minimum Gasteiger partial charge on any atom is -0.478 e. The fourth-order valence-corrected chi connectivity index (χ4v) is 3.56. The molecule has 0 spiro atoms. The van der Waals surface area contributed by atoms with Crippen molar-refractivity contribution in [1.82, 2.24) is 9.55 Å². The second kappa shape index (κ2) is 6.31. The largest absolute Gasteiger partial charge is 0.478 e. The van der Waals surface area contributed by atoms with Crippen molar-refractivity contribution in [2.24, 2.45) is 0 Å². The lowest BCUT2D eigenvalue weighted by Gasteiger charge is -2.26. The van der Waals surface area contributed by atoms with Crippen molar-refractivity contribution in [1.29, 1.82) is 0 Å². The zero-order valence-corrected chi connectivity index (χ0v) is 14.3. The summed E-state index contributed by atoms with van der Waals surface area (Å²) in [6, 6.07) is 10.9. The first-order valence-electron chi connectivity index (χ1n) is 7.99. The normalized spacial score (nSPS) is 16.0. The summed E-state index contributed by atoms with van der Waals surface area (Å²) < 4.78 is 1.75. The number of hydrogen-bond donors (Lipinski definition) is 2. The van der Waals surface area contributed by atoms with Crippen LogP contribution in [0.1, 0.15) is 34.0 Å². The second-order valence-electron chi connectivity index (χ2n) is 6.02. The van der Waals surface area contributed by atoms with Crippen LogP contribution in [0.2, 0.25) is 5.02 Å². The molecule has 26 heavy (non-hydrogen) atoms.